The van der Waals surface area contributed by atoms with Crippen LogP contribution in [0.5, 0.6) is 0 Å². The number of para-hydroxylation sites is 1. The lowest BCUT2D eigenvalue weighted by molar-refractivity contribution is -0.138. The van der Waals surface area contributed by atoms with Crippen LogP contribution < -0.4 is 15.5 Å². The Morgan fingerprint density at radius 2 is 1.76 bits per heavy atom. The maximum absolute atomic E-state index is 13.8. The Labute approximate surface area is 240 Å². The number of benzodiazepines with no additional fused rings is 1. The Morgan fingerprint density at radius 1 is 1.02 bits per heavy atom. The van der Waals surface area contributed by atoms with Crippen molar-refractivity contribution in [1.29, 1.82) is 0 Å². The van der Waals surface area contributed by atoms with Gasteiger partial charge in [0.05, 0.1) is 18.0 Å². The Morgan fingerprint density at radius 3 is 2.49 bits per heavy atom. The highest BCUT2D eigenvalue weighted by Crippen LogP contribution is 2.28. The first kappa shape index (κ1) is 31.1. The van der Waals surface area contributed by atoms with Gasteiger partial charge in [0.15, 0.2) is 6.04 Å². The van der Waals surface area contributed by atoms with Crippen LogP contribution in [0.1, 0.15) is 44.7 Å². The molecule has 218 valence electrons. The smallest absolute Gasteiger partial charge is 0.407 e. The second-order valence-electron chi connectivity index (χ2n) is 9.91. The molecule has 0 saturated carbocycles. The fourth-order valence-electron chi connectivity index (χ4n) is 3.98. The molecule has 1 heterocycles. The first-order valence-corrected chi connectivity index (χ1v) is 13.8. The van der Waals surface area contributed by atoms with Crippen molar-refractivity contribution < 1.29 is 28.7 Å². The quantitative estimate of drug-likeness (QED) is 0.218. The van der Waals surface area contributed by atoms with E-state index in [-0.39, 0.29) is 25.6 Å². The molecule has 1 aliphatic rings. The Kier molecular flexibility index (Phi) is 12.1. The van der Waals surface area contributed by atoms with Crippen LogP contribution in [0.2, 0.25) is 0 Å². The number of fused-ring (bicyclic) bond motifs is 1. The number of carbonyl (C=O) groups is 4. The Bertz CT molecular complexity index is 1260. The van der Waals surface area contributed by atoms with Crippen LogP contribution in [0.25, 0.3) is 0 Å². The zero-order valence-electron chi connectivity index (χ0n) is 23.8. The van der Waals surface area contributed by atoms with Gasteiger partial charge >= 0.3 is 12.1 Å². The predicted molar refractivity (Wildman–Crippen MR) is 157 cm³/mol. The summed E-state index contributed by atoms with van der Waals surface area (Å²) in [6.45, 7) is 6.16. The summed E-state index contributed by atoms with van der Waals surface area (Å²) >= 11 is 0. The number of unbranched alkanes of at least 4 members (excludes halogenated alkanes) is 1. The van der Waals surface area contributed by atoms with Crippen molar-refractivity contribution in [2.45, 2.75) is 39.7 Å². The molecular weight excluding hydrogens is 524 g/mol. The molecule has 0 fully saturated rings. The van der Waals surface area contributed by atoms with Crippen LogP contribution in [0.3, 0.4) is 0 Å². The van der Waals surface area contributed by atoms with Gasteiger partial charge < -0.3 is 25.0 Å². The Balaban J connectivity index is 1.80. The van der Waals surface area contributed by atoms with E-state index >= 15 is 0 Å². The molecule has 0 radical (unpaired) electrons. The summed E-state index contributed by atoms with van der Waals surface area (Å²) in [5, 5.41) is 5.37. The van der Waals surface area contributed by atoms with Crippen molar-refractivity contribution >= 4 is 35.3 Å². The van der Waals surface area contributed by atoms with E-state index in [2.05, 4.69) is 10.6 Å². The van der Waals surface area contributed by atoms with Crippen molar-refractivity contribution in [2.24, 2.45) is 10.9 Å². The van der Waals surface area contributed by atoms with Gasteiger partial charge in [0, 0.05) is 30.3 Å². The molecule has 0 aromatic heterocycles. The second kappa shape index (κ2) is 16.0. The van der Waals surface area contributed by atoms with Crippen LogP contribution in [-0.4, -0.2) is 68.5 Å². The molecule has 1 atom stereocenters. The number of nitrogens with one attached hydrogen (secondary N) is 2. The lowest BCUT2D eigenvalue weighted by atomic mass is 10.0. The minimum Gasteiger partial charge on any atom is -0.462 e. The summed E-state index contributed by atoms with van der Waals surface area (Å²) < 4.78 is 10.4. The van der Waals surface area contributed by atoms with Gasteiger partial charge in [0.2, 0.25) is 5.91 Å². The predicted octanol–water partition coefficient (Wildman–Crippen LogP) is 3.64. The van der Waals surface area contributed by atoms with Crippen molar-refractivity contribution in [1.82, 2.24) is 10.6 Å². The van der Waals surface area contributed by atoms with E-state index in [4.69, 9.17) is 14.5 Å². The maximum atomic E-state index is 13.8. The highest BCUT2D eigenvalue weighted by atomic mass is 16.5. The topological polar surface area (TPSA) is 126 Å². The molecule has 2 aromatic carbocycles. The van der Waals surface area contributed by atoms with Gasteiger partial charge in [0.25, 0.3) is 5.91 Å². The summed E-state index contributed by atoms with van der Waals surface area (Å²) in [7, 11) is 0. The van der Waals surface area contributed by atoms with Crippen LogP contribution in [0.15, 0.2) is 71.7 Å². The molecule has 3 amide bonds. The monoisotopic (exact) mass is 562 g/mol. The van der Waals surface area contributed by atoms with E-state index in [0.29, 0.717) is 30.1 Å². The van der Waals surface area contributed by atoms with Gasteiger partial charge in [-0.1, -0.05) is 81.8 Å². The van der Waals surface area contributed by atoms with E-state index in [9.17, 15) is 19.2 Å². The fraction of sp³-hybridized carbons (Fsp3) is 0.387. The van der Waals surface area contributed by atoms with Crippen LogP contribution in [0, 0.1) is 5.92 Å². The molecule has 10 nitrogen and oxygen atoms in total. The van der Waals surface area contributed by atoms with Crippen molar-refractivity contribution in [3.63, 3.8) is 0 Å². The summed E-state index contributed by atoms with van der Waals surface area (Å²) in [5.41, 5.74) is 2.52. The number of rotatable bonds is 13. The van der Waals surface area contributed by atoms with E-state index < -0.39 is 29.9 Å². The zero-order chi connectivity index (χ0) is 29.6. The van der Waals surface area contributed by atoms with Crippen LogP contribution in [0.4, 0.5) is 10.5 Å². The van der Waals surface area contributed by atoms with Crippen molar-refractivity contribution in [3.8, 4) is 0 Å². The van der Waals surface area contributed by atoms with Gasteiger partial charge in [-0.2, -0.15) is 0 Å². The number of aliphatic imine (C=N–C) groups is 1. The number of amides is 3. The van der Waals surface area contributed by atoms with Crippen molar-refractivity contribution in [3.05, 3.63) is 77.9 Å². The van der Waals surface area contributed by atoms with Gasteiger partial charge in [-0.05, 0) is 18.4 Å². The van der Waals surface area contributed by atoms with E-state index in [0.717, 1.165) is 18.4 Å². The molecular formula is C31H38N4O6. The summed E-state index contributed by atoms with van der Waals surface area (Å²) in [6, 6.07) is 15.5. The molecule has 10 heteroatoms. The molecule has 0 aliphatic carbocycles. The Hall–Kier alpha value is -4.47. The molecule has 2 N–H and O–H groups in total. The number of hydrogen-bond acceptors (Lipinski definition) is 7. The average Bonchev–Trinajstić information content (AvgIpc) is 3.08. The maximum Gasteiger partial charge on any atom is 0.407 e. The van der Waals surface area contributed by atoms with Gasteiger partial charge in [-0.25, -0.2) is 9.59 Å². The standard InChI is InChI=1S/C31H38N4O6/c1-4-5-17-33-31(39)41-21-25-30(38)35(19-27(36)32-18-11-16-28(37)40-20-22(2)3)26-15-10-9-14-24(26)29(34-25)23-12-7-6-8-13-23/h6-16,22,25H,4-5,17-21H2,1-3H3,(H,32,36)(H,33,39)/b16-11+/t25-/m1/s1. The highest BCUT2D eigenvalue weighted by Gasteiger charge is 2.33. The summed E-state index contributed by atoms with van der Waals surface area (Å²) in [6.07, 6.45) is 3.84. The lowest BCUT2D eigenvalue weighted by Crippen LogP contribution is -2.46. The van der Waals surface area contributed by atoms with Gasteiger partial charge in [-0.3, -0.25) is 14.6 Å². The average molecular weight is 563 g/mol. The third-order valence-corrected chi connectivity index (χ3v) is 6.04. The first-order valence-electron chi connectivity index (χ1n) is 13.8. The van der Waals surface area contributed by atoms with Crippen LogP contribution >= 0.6 is 0 Å². The minimum absolute atomic E-state index is 0.0789. The first-order chi connectivity index (χ1) is 19.8. The molecule has 0 saturated heterocycles. The minimum atomic E-state index is -1.07. The van der Waals surface area contributed by atoms with E-state index in [1.807, 2.05) is 63.2 Å². The number of benzene rings is 2. The molecule has 3 rings (SSSR count). The normalized spacial score (nSPS) is 14.7. The zero-order valence-corrected chi connectivity index (χ0v) is 23.8. The number of anilines is 1. The summed E-state index contributed by atoms with van der Waals surface area (Å²) in [4.78, 5) is 56.8. The molecule has 41 heavy (non-hydrogen) atoms. The summed E-state index contributed by atoms with van der Waals surface area (Å²) in [5.74, 6) is -1.19. The SMILES string of the molecule is CCCCNC(=O)OC[C@H]1N=C(c2ccccc2)c2ccccc2N(CC(=O)NC/C=C/C(=O)OCC(C)C)C1=O. The molecule has 0 spiro atoms. The molecule has 0 bridgehead atoms. The fourth-order valence-corrected chi connectivity index (χ4v) is 3.98. The number of esters is 1. The number of alkyl carbamates (subject to hydrolysis) is 1. The van der Waals surface area contributed by atoms with Gasteiger partial charge in [-0.15, -0.1) is 0 Å². The van der Waals surface area contributed by atoms with Crippen LogP contribution in [-0.2, 0) is 23.9 Å². The van der Waals surface area contributed by atoms with E-state index in [1.165, 1.54) is 17.1 Å². The third-order valence-electron chi connectivity index (χ3n) is 6.04. The molecule has 1 aliphatic heterocycles. The largest absolute Gasteiger partial charge is 0.462 e. The lowest BCUT2D eigenvalue weighted by Gasteiger charge is -2.24. The highest BCUT2D eigenvalue weighted by molar-refractivity contribution is 6.20. The van der Waals surface area contributed by atoms with Crippen molar-refractivity contribution in [2.75, 3.05) is 37.7 Å². The van der Waals surface area contributed by atoms with E-state index in [1.54, 1.807) is 12.1 Å². The second-order valence-corrected chi connectivity index (χ2v) is 9.91. The molecule has 2 aromatic rings. The number of ether oxygens (including phenoxy) is 2. The third kappa shape index (κ3) is 9.59. The number of carbonyl (C=O) groups excluding carboxylic acids is 4. The number of hydrogen-bond donors (Lipinski definition) is 2. The molecule has 0 unspecified atom stereocenters. The number of nitrogens with zero attached hydrogens (tertiary/aromatic N) is 2. The van der Waals surface area contributed by atoms with Gasteiger partial charge in [0.1, 0.15) is 13.2 Å².